The smallest absolute Gasteiger partial charge is 0.260 e. The number of ether oxygens (including phenoxy) is 1. The predicted octanol–water partition coefficient (Wildman–Crippen LogP) is 3.59. The molecular formula is C19H23NO2. The molecule has 0 bridgehead atoms. The van der Waals surface area contributed by atoms with Gasteiger partial charge in [0.1, 0.15) is 5.75 Å². The second kappa shape index (κ2) is 8.23. The zero-order valence-corrected chi connectivity index (χ0v) is 13.2. The fourth-order valence-corrected chi connectivity index (χ4v) is 2.22. The van der Waals surface area contributed by atoms with Gasteiger partial charge in [0.25, 0.3) is 5.91 Å². The van der Waals surface area contributed by atoms with Gasteiger partial charge < -0.3 is 10.1 Å². The Kier molecular flexibility index (Phi) is 6.01. The van der Waals surface area contributed by atoms with Crippen LogP contribution in [0.1, 0.15) is 25.8 Å². The molecule has 3 heteroatoms. The van der Waals surface area contributed by atoms with Crippen LogP contribution in [0.25, 0.3) is 0 Å². The van der Waals surface area contributed by atoms with Crippen LogP contribution in [0.15, 0.2) is 60.7 Å². The van der Waals surface area contributed by atoms with Crippen molar-refractivity contribution in [3.05, 3.63) is 66.2 Å². The molecule has 1 amide bonds. The first-order chi connectivity index (χ1) is 10.6. The highest BCUT2D eigenvalue weighted by Gasteiger charge is 2.16. The van der Waals surface area contributed by atoms with Crippen LogP contribution in [0, 0.1) is 0 Å². The number of carbonyl (C=O) groups excluding carboxylic acids is 1. The van der Waals surface area contributed by atoms with Crippen molar-refractivity contribution in [3.63, 3.8) is 0 Å². The van der Waals surface area contributed by atoms with Gasteiger partial charge in [-0.1, -0.05) is 48.5 Å². The van der Waals surface area contributed by atoms with Gasteiger partial charge >= 0.3 is 0 Å². The first-order valence-electron chi connectivity index (χ1n) is 7.71. The molecule has 2 atom stereocenters. The van der Waals surface area contributed by atoms with Gasteiger partial charge in [-0.25, -0.2) is 0 Å². The van der Waals surface area contributed by atoms with Crippen molar-refractivity contribution < 1.29 is 9.53 Å². The van der Waals surface area contributed by atoms with E-state index in [4.69, 9.17) is 4.74 Å². The van der Waals surface area contributed by atoms with Crippen molar-refractivity contribution in [2.24, 2.45) is 0 Å². The lowest BCUT2D eigenvalue weighted by Crippen LogP contribution is -2.41. The second-order valence-electron chi connectivity index (χ2n) is 5.51. The Morgan fingerprint density at radius 1 is 1.00 bits per heavy atom. The van der Waals surface area contributed by atoms with E-state index in [2.05, 4.69) is 17.4 Å². The van der Waals surface area contributed by atoms with Crippen molar-refractivity contribution >= 4 is 5.91 Å². The Balaban J connectivity index is 1.75. The third kappa shape index (κ3) is 5.24. The highest BCUT2D eigenvalue weighted by Crippen LogP contribution is 2.11. The zero-order chi connectivity index (χ0) is 15.8. The molecule has 2 rings (SSSR count). The van der Waals surface area contributed by atoms with Crippen LogP contribution in [0.5, 0.6) is 5.75 Å². The van der Waals surface area contributed by atoms with Crippen LogP contribution >= 0.6 is 0 Å². The van der Waals surface area contributed by atoms with E-state index in [0.717, 1.165) is 12.8 Å². The molecule has 22 heavy (non-hydrogen) atoms. The number of amides is 1. The predicted molar refractivity (Wildman–Crippen MR) is 88.9 cm³/mol. The minimum absolute atomic E-state index is 0.0792. The average molecular weight is 297 g/mol. The lowest BCUT2D eigenvalue weighted by atomic mass is 10.1. The Hall–Kier alpha value is -2.29. The van der Waals surface area contributed by atoms with E-state index in [1.807, 2.05) is 55.5 Å². The van der Waals surface area contributed by atoms with Crippen molar-refractivity contribution in [1.82, 2.24) is 5.32 Å². The number of benzene rings is 2. The first-order valence-corrected chi connectivity index (χ1v) is 7.71. The molecule has 0 saturated carbocycles. The van der Waals surface area contributed by atoms with Crippen molar-refractivity contribution in [1.29, 1.82) is 0 Å². The maximum absolute atomic E-state index is 12.1. The highest BCUT2D eigenvalue weighted by atomic mass is 16.5. The molecule has 0 aliphatic heterocycles. The summed E-state index contributed by atoms with van der Waals surface area (Å²) >= 11 is 0. The van der Waals surface area contributed by atoms with E-state index >= 15 is 0 Å². The Morgan fingerprint density at radius 2 is 1.59 bits per heavy atom. The Labute approximate surface area is 132 Å². The maximum Gasteiger partial charge on any atom is 0.260 e. The van der Waals surface area contributed by atoms with Gasteiger partial charge in [0.15, 0.2) is 6.10 Å². The molecule has 3 nitrogen and oxygen atoms in total. The van der Waals surface area contributed by atoms with E-state index in [9.17, 15) is 4.79 Å². The Bertz CT molecular complexity index is 569. The maximum atomic E-state index is 12.1. The summed E-state index contributed by atoms with van der Waals surface area (Å²) in [5.74, 6) is 0.631. The SMILES string of the molecule is C[C@@H](CCc1ccccc1)NC(=O)[C@@H](C)Oc1ccccc1. The number of hydrogen-bond acceptors (Lipinski definition) is 2. The van der Waals surface area contributed by atoms with Gasteiger partial charge in [-0.3, -0.25) is 4.79 Å². The van der Waals surface area contributed by atoms with Gasteiger partial charge in [0, 0.05) is 6.04 Å². The fraction of sp³-hybridized carbons (Fsp3) is 0.316. The van der Waals surface area contributed by atoms with Gasteiger partial charge in [-0.05, 0) is 44.4 Å². The molecule has 2 aromatic carbocycles. The standard InChI is InChI=1S/C19H23NO2/c1-15(13-14-17-9-5-3-6-10-17)20-19(21)16(2)22-18-11-7-4-8-12-18/h3-12,15-16H,13-14H2,1-2H3,(H,20,21)/t15-,16+/m0/s1. The molecular weight excluding hydrogens is 274 g/mol. The molecule has 0 saturated heterocycles. The molecule has 2 aromatic rings. The molecule has 116 valence electrons. The molecule has 0 fully saturated rings. The summed E-state index contributed by atoms with van der Waals surface area (Å²) < 4.78 is 5.63. The summed E-state index contributed by atoms with van der Waals surface area (Å²) in [5.41, 5.74) is 1.29. The van der Waals surface area contributed by atoms with E-state index in [1.165, 1.54) is 5.56 Å². The number of aryl methyl sites for hydroxylation is 1. The summed E-state index contributed by atoms with van der Waals surface area (Å²) in [6.07, 6.45) is 1.37. The number of rotatable bonds is 7. The summed E-state index contributed by atoms with van der Waals surface area (Å²) in [7, 11) is 0. The van der Waals surface area contributed by atoms with Gasteiger partial charge in [-0.15, -0.1) is 0 Å². The van der Waals surface area contributed by atoms with E-state index in [1.54, 1.807) is 6.92 Å². The van der Waals surface area contributed by atoms with Crippen molar-refractivity contribution in [2.45, 2.75) is 38.8 Å². The third-order valence-corrected chi connectivity index (χ3v) is 3.52. The third-order valence-electron chi connectivity index (χ3n) is 3.52. The minimum Gasteiger partial charge on any atom is -0.481 e. The summed E-state index contributed by atoms with van der Waals surface area (Å²) in [6.45, 7) is 3.79. The molecule has 0 aromatic heterocycles. The van der Waals surface area contributed by atoms with Crippen LogP contribution in [0.3, 0.4) is 0 Å². The number of hydrogen-bond donors (Lipinski definition) is 1. The van der Waals surface area contributed by atoms with Crippen molar-refractivity contribution in [2.75, 3.05) is 0 Å². The van der Waals surface area contributed by atoms with E-state index in [0.29, 0.717) is 5.75 Å². The quantitative estimate of drug-likeness (QED) is 0.848. The molecule has 1 N–H and O–H groups in total. The normalized spacial score (nSPS) is 13.2. The zero-order valence-electron chi connectivity index (χ0n) is 13.2. The summed E-state index contributed by atoms with van der Waals surface area (Å²) in [6, 6.07) is 19.8. The first kappa shape index (κ1) is 16.1. The van der Waals surface area contributed by atoms with Crippen LogP contribution in [-0.4, -0.2) is 18.1 Å². The summed E-state index contributed by atoms with van der Waals surface area (Å²) in [4.78, 5) is 12.1. The lowest BCUT2D eigenvalue weighted by Gasteiger charge is -2.18. The lowest BCUT2D eigenvalue weighted by molar-refractivity contribution is -0.127. The monoisotopic (exact) mass is 297 g/mol. The number of nitrogens with one attached hydrogen (secondary N) is 1. The average Bonchev–Trinajstić information content (AvgIpc) is 2.55. The van der Waals surface area contributed by atoms with Gasteiger partial charge in [-0.2, -0.15) is 0 Å². The molecule has 0 unspecified atom stereocenters. The molecule has 0 aliphatic carbocycles. The van der Waals surface area contributed by atoms with Crippen LogP contribution in [0.2, 0.25) is 0 Å². The highest BCUT2D eigenvalue weighted by molar-refractivity contribution is 5.80. The second-order valence-corrected chi connectivity index (χ2v) is 5.51. The molecule has 0 spiro atoms. The van der Waals surface area contributed by atoms with E-state index < -0.39 is 6.10 Å². The minimum atomic E-state index is -0.499. The number of carbonyl (C=O) groups is 1. The molecule has 0 aliphatic rings. The topological polar surface area (TPSA) is 38.3 Å². The largest absolute Gasteiger partial charge is 0.481 e. The van der Waals surface area contributed by atoms with Crippen LogP contribution < -0.4 is 10.1 Å². The van der Waals surface area contributed by atoms with Gasteiger partial charge in [0.2, 0.25) is 0 Å². The van der Waals surface area contributed by atoms with E-state index in [-0.39, 0.29) is 11.9 Å². The van der Waals surface area contributed by atoms with Gasteiger partial charge in [0.05, 0.1) is 0 Å². The van der Waals surface area contributed by atoms with Crippen LogP contribution in [-0.2, 0) is 11.2 Å². The fourth-order valence-electron chi connectivity index (χ4n) is 2.22. The van der Waals surface area contributed by atoms with Crippen LogP contribution in [0.4, 0.5) is 0 Å². The number of para-hydroxylation sites is 1. The molecule has 0 radical (unpaired) electrons. The van der Waals surface area contributed by atoms with Crippen molar-refractivity contribution in [3.8, 4) is 5.75 Å². The Morgan fingerprint density at radius 3 is 2.23 bits per heavy atom. The molecule has 0 heterocycles. The summed E-state index contributed by atoms with van der Waals surface area (Å²) in [5, 5.41) is 3.01.